The minimum Gasteiger partial charge on any atom is -0.325 e. The molecule has 5 heteroatoms. The van der Waals surface area contributed by atoms with E-state index in [9.17, 15) is 10.1 Å². The molecule has 1 aliphatic rings. The highest BCUT2D eigenvalue weighted by atomic mass is 32.2. The Kier molecular flexibility index (Phi) is 6.57. The third-order valence-electron chi connectivity index (χ3n) is 6.22. The first-order valence-electron chi connectivity index (χ1n) is 10.6. The van der Waals surface area contributed by atoms with Crippen LogP contribution in [0.2, 0.25) is 0 Å². The second kappa shape index (κ2) is 8.81. The zero-order valence-corrected chi connectivity index (χ0v) is 19.6. The molecule has 1 aliphatic carbocycles. The summed E-state index contributed by atoms with van der Waals surface area (Å²) < 4.78 is 0. The molecule has 2 atom stereocenters. The van der Waals surface area contributed by atoms with E-state index < -0.39 is 0 Å². The van der Waals surface area contributed by atoms with Crippen molar-refractivity contribution in [2.45, 2.75) is 71.1 Å². The van der Waals surface area contributed by atoms with Gasteiger partial charge in [0.1, 0.15) is 11.1 Å². The van der Waals surface area contributed by atoms with Gasteiger partial charge in [0.05, 0.1) is 10.8 Å². The number of carbonyl (C=O) groups is 1. The molecule has 4 nitrogen and oxygen atoms in total. The molecular formula is C25H31N3OS. The molecule has 0 radical (unpaired) electrons. The van der Waals surface area contributed by atoms with Crippen LogP contribution in [0.3, 0.4) is 0 Å². The number of nitriles is 1. The Morgan fingerprint density at radius 2 is 2.07 bits per heavy atom. The molecule has 1 N–H and O–H groups in total. The zero-order valence-electron chi connectivity index (χ0n) is 18.8. The van der Waals surface area contributed by atoms with Crippen LogP contribution < -0.4 is 5.32 Å². The molecule has 30 heavy (non-hydrogen) atoms. The Labute approximate surface area is 184 Å². The van der Waals surface area contributed by atoms with Gasteiger partial charge in [-0.05, 0) is 80.2 Å². The summed E-state index contributed by atoms with van der Waals surface area (Å²) in [6, 6.07) is 10.2. The van der Waals surface area contributed by atoms with Crippen molar-refractivity contribution in [3.8, 4) is 6.07 Å². The van der Waals surface area contributed by atoms with Crippen LogP contribution in [0.15, 0.2) is 29.3 Å². The molecule has 2 aromatic rings. The van der Waals surface area contributed by atoms with Gasteiger partial charge in [-0.1, -0.05) is 44.7 Å². The van der Waals surface area contributed by atoms with E-state index >= 15 is 0 Å². The Balaban J connectivity index is 1.77. The van der Waals surface area contributed by atoms with Crippen LogP contribution in [0.1, 0.15) is 62.1 Å². The SMILES string of the molecule is Cc1cccc(NC(=O)C(C)Sc2nc3c(cc2C#N)CC(C(C)(C)C)CC3)c1C. The molecule has 1 amide bonds. The third-order valence-corrected chi connectivity index (χ3v) is 7.32. The van der Waals surface area contributed by atoms with E-state index in [1.807, 2.05) is 45.0 Å². The van der Waals surface area contributed by atoms with Gasteiger partial charge in [-0.15, -0.1) is 0 Å². The number of hydrogen-bond donors (Lipinski definition) is 1. The number of carbonyl (C=O) groups excluding carboxylic acids is 1. The predicted octanol–water partition coefficient (Wildman–Crippen LogP) is 5.84. The van der Waals surface area contributed by atoms with Crippen LogP contribution in [0.25, 0.3) is 0 Å². The number of thioether (sulfide) groups is 1. The van der Waals surface area contributed by atoms with E-state index in [2.05, 4.69) is 32.2 Å². The summed E-state index contributed by atoms with van der Waals surface area (Å²) in [6.07, 6.45) is 3.01. The second-order valence-corrected chi connectivity index (χ2v) is 10.7. The summed E-state index contributed by atoms with van der Waals surface area (Å²) in [4.78, 5) is 17.6. The largest absolute Gasteiger partial charge is 0.325 e. The van der Waals surface area contributed by atoms with Crippen LogP contribution in [0.4, 0.5) is 5.69 Å². The van der Waals surface area contributed by atoms with E-state index in [-0.39, 0.29) is 16.6 Å². The smallest absolute Gasteiger partial charge is 0.237 e. The Bertz CT molecular complexity index is 1000. The number of aromatic nitrogens is 1. The third kappa shape index (κ3) is 4.87. The molecule has 0 bridgehead atoms. The fourth-order valence-electron chi connectivity index (χ4n) is 3.90. The second-order valence-electron chi connectivity index (χ2n) is 9.36. The topological polar surface area (TPSA) is 65.8 Å². The predicted molar refractivity (Wildman–Crippen MR) is 124 cm³/mol. The number of aryl methyl sites for hydroxylation is 2. The van der Waals surface area contributed by atoms with Gasteiger partial charge in [-0.3, -0.25) is 4.79 Å². The Morgan fingerprint density at radius 3 is 2.73 bits per heavy atom. The molecular weight excluding hydrogens is 390 g/mol. The average Bonchev–Trinajstić information content (AvgIpc) is 2.69. The molecule has 0 saturated carbocycles. The summed E-state index contributed by atoms with van der Waals surface area (Å²) in [5, 5.41) is 13.0. The number of nitrogens with one attached hydrogen (secondary N) is 1. The van der Waals surface area contributed by atoms with Crippen LogP contribution in [0.5, 0.6) is 0 Å². The lowest BCUT2D eigenvalue weighted by Gasteiger charge is -2.34. The lowest BCUT2D eigenvalue weighted by atomic mass is 9.71. The zero-order chi connectivity index (χ0) is 22.1. The van der Waals surface area contributed by atoms with E-state index in [1.54, 1.807) is 0 Å². The maximum atomic E-state index is 12.8. The van der Waals surface area contributed by atoms with Gasteiger partial charge in [0.15, 0.2) is 0 Å². The highest BCUT2D eigenvalue weighted by Gasteiger charge is 2.30. The maximum Gasteiger partial charge on any atom is 0.237 e. The molecule has 0 fully saturated rings. The summed E-state index contributed by atoms with van der Waals surface area (Å²) in [5.41, 5.74) is 6.14. The van der Waals surface area contributed by atoms with Crippen LogP contribution >= 0.6 is 11.8 Å². The fourth-order valence-corrected chi connectivity index (χ4v) is 4.79. The number of rotatable bonds is 4. The average molecular weight is 422 g/mol. The lowest BCUT2D eigenvalue weighted by molar-refractivity contribution is -0.115. The molecule has 3 rings (SSSR count). The Hall–Kier alpha value is -2.32. The van der Waals surface area contributed by atoms with E-state index in [1.165, 1.54) is 17.3 Å². The molecule has 1 aromatic carbocycles. The van der Waals surface area contributed by atoms with Gasteiger partial charge in [-0.2, -0.15) is 5.26 Å². The van der Waals surface area contributed by atoms with Gasteiger partial charge in [-0.25, -0.2) is 4.98 Å². The van der Waals surface area contributed by atoms with Crippen molar-refractivity contribution >= 4 is 23.4 Å². The van der Waals surface area contributed by atoms with Gasteiger partial charge >= 0.3 is 0 Å². The van der Waals surface area contributed by atoms with Crippen molar-refractivity contribution in [3.05, 3.63) is 52.2 Å². The van der Waals surface area contributed by atoms with Crippen molar-refractivity contribution < 1.29 is 4.79 Å². The van der Waals surface area contributed by atoms with Gasteiger partial charge in [0.25, 0.3) is 0 Å². The van der Waals surface area contributed by atoms with E-state index in [0.29, 0.717) is 16.5 Å². The summed E-state index contributed by atoms with van der Waals surface area (Å²) in [5.74, 6) is 0.518. The molecule has 1 heterocycles. The molecule has 1 aromatic heterocycles. The summed E-state index contributed by atoms with van der Waals surface area (Å²) in [6.45, 7) is 12.7. The van der Waals surface area contributed by atoms with Crippen molar-refractivity contribution in [2.75, 3.05) is 5.32 Å². The van der Waals surface area contributed by atoms with Gasteiger partial charge in [0.2, 0.25) is 5.91 Å². The first-order chi connectivity index (χ1) is 14.1. The van der Waals surface area contributed by atoms with E-state index in [0.717, 1.165) is 41.8 Å². The van der Waals surface area contributed by atoms with Crippen molar-refractivity contribution in [3.63, 3.8) is 0 Å². The standard InChI is InChI=1S/C25H31N3OS/c1-15-8-7-9-21(16(15)2)27-23(29)17(3)30-24-19(14-26)12-18-13-20(25(4,5)6)10-11-22(18)28-24/h7-9,12,17,20H,10-11,13H2,1-6H3,(H,27,29). The first kappa shape index (κ1) is 22.4. The minimum absolute atomic E-state index is 0.0788. The Morgan fingerprint density at radius 1 is 1.33 bits per heavy atom. The van der Waals surface area contributed by atoms with Crippen LogP contribution in [-0.2, 0) is 17.6 Å². The number of nitrogens with zero attached hydrogens (tertiary/aromatic N) is 2. The van der Waals surface area contributed by atoms with Crippen molar-refractivity contribution in [2.24, 2.45) is 11.3 Å². The maximum absolute atomic E-state index is 12.8. The fraction of sp³-hybridized carbons (Fsp3) is 0.480. The highest BCUT2D eigenvalue weighted by molar-refractivity contribution is 8.00. The molecule has 0 saturated heterocycles. The molecule has 0 aliphatic heterocycles. The normalized spacial score (nSPS) is 17.0. The number of amides is 1. The lowest BCUT2D eigenvalue weighted by Crippen LogP contribution is -2.28. The monoisotopic (exact) mass is 421 g/mol. The number of anilines is 1. The summed E-state index contributed by atoms with van der Waals surface area (Å²) in [7, 11) is 0. The minimum atomic E-state index is -0.353. The van der Waals surface area contributed by atoms with Gasteiger partial charge < -0.3 is 5.32 Å². The highest BCUT2D eigenvalue weighted by Crippen LogP contribution is 2.38. The van der Waals surface area contributed by atoms with Crippen molar-refractivity contribution in [1.29, 1.82) is 5.26 Å². The first-order valence-corrected chi connectivity index (χ1v) is 11.4. The number of pyridine rings is 1. The molecule has 0 spiro atoms. The quantitative estimate of drug-likeness (QED) is 0.630. The number of hydrogen-bond acceptors (Lipinski definition) is 4. The van der Waals surface area contributed by atoms with Crippen molar-refractivity contribution in [1.82, 2.24) is 4.98 Å². The van der Waals surface area contributed by atoms with Crippen LogP contribution in [-0.4, -0.2) is 16.1 Å². The number of fused-ring (bicyclic) bond motifs is 1. The number of benzene rings is 1. The molecule has 2 unspecified atom stereocenters. The summed E-state index contributed by atoms with van der Waals surface area (Å²) >= 11 is 1.37. The van der Waals surface area contributed by atoms with E-state index in [4.69, 9.17) is 4.98 Å². The molecule has 158 valence electrons. The van der Waals surface area contributed by atoms with Crippen LogP contribution in [0, 0.1) is 36.5 Å². The van der Waals surface area contributed by atoms with Gasteiger partial charge in [0, 0.05) is 11.4 Å².